The van der Waals surface area contributed by atoms with Gasteiger partial charge in [0.2, 0.25) is 5.91 Å². The monoisotopic (exact) mass is 382 g/mol. The van der Waals surface area contributed by atoms with Crippen LogP contribution in [-0.4, -0.2) is 18.5 Å². The van der Waals surface area contributed by atoms with Crippen molar-refractivity contribution >= 4 is 23.3 Å². The Hall–Kier alpha value is -2.86. The van der Waals surface area contributed by atoms with E-state index >= 15 is 0 Å². The molecular formula is C22H30N4O2. The number of aryl methyl sites for hydroxylation is 1. The molecule has 28 heavy (non-hydrogen) atoms. The summed E-state index contributed by atoms with van der Waals surface area (Å²) in [5.41, 5.74) is 8.68. The normalized spacial score (nSPS) is 11.0. The number of amides is 3. The van der Waals surface area contributed by atoms with Crippen LogP contribution >= 0.6 is 0 Å². The maximum Gasteiger partial charge on any atom is 0.323 e. The van der Waals surface area contributed by atoms with Crippen molar-refractivity contribution in [2.45, 2.75) is 40.2 Å². The quantitative estimate of drug-likeness (QED) is 0.555. The molecule has 0 unspecified atom stereocenters. The molecule has 0 aliphatic rings. The molecule has 2 aromatic rings. The van der Waals surface area contributed by atoms with E-state index in [1.54, 1.807) is 0 Å². The number of benzene rings is 2. The third-order valence-electron chi connectivity index (χ3n) is 5.14. The number of nitrogens with one attached hydrogen (secondary N) is 3. The van der Waals surface area contributed by atoms with Crippen molar-refractivity contribution in [2.24, 2.45) is 11.1 Å². The van der Waals surface area contributed by atoms with Crippen LogP contribution in [0, 0.1) is 12.3 Å². The Kier molecular flexibility index (Phi) is 7.58. The van der Waals surface area contributed by atoms with Gasteiger partial charge >= 0.3 is 6.03 Å². The second-order valence-electron chi connectivity index (χ2n) is 7.02. The van der Waals surface area contributed by atoms with Gasteiger partial charge in [-0.05, 0) is 55.2 Å². The minimum Gasteiger partial charge on any atom is -0.352 e. The molecule has 6 nitrogen and oxygen atoms in total. The average molecular weight is 383 g/mol. The van der Waals surface area contributed by atoms with E-state index in [1.165, 1.54) is 0 Å². The highest BCUT2D eigenvalue weighted by atomic mass is 16.2. The molecule has 0 aromatic heterocycles. The first kappa shape index (κ1) is 21.4. The van der Waals surface area contributed by atoms with E-state index in [2.05, 4.69) is 16.0 Å². The Balaban J connectivity index is 1.96. The van der Waals surface area contributed by atoms with E-state index in [1.807, 2.05) is 69.3 Å². The molecule has 2 rings (SSSR count). The standard InChI is InChI=1S/C22H30N4O2/c1-4-22(5-2,15-23)20(27)24-14-17-9-7-11-19(13-17)26-21(28)25-18-10-6-8-16(3)12-18/h6-13H,4-5,14-15,23H2,1-3H3,(H,24,27)(H2,25,26,28). The number of anilines is 2. The van der Waals surface area contributed by atoms with Gasteiger partial charge in [-0.15, -0.1) is 0 Å². The molecule has 150 valence electrons. The van der Waals surface area contributed by atoms with Crippen molar-refractivity contribution in [1.82, 2.24) is 5.32 Å². The Morgan fingerprint density at radius 2 is 1.57 bits per heavy atom. The maximum atomic E-state index is 12.6. The molecular weight excluding hydrogens is 352 g/mol. The Bertz CT molecular complexity index is 807. The zero-order valence-electron chi connectivity index (χ0n) is 16.8. The summed E-state index contributed by atoms with van der Waals surface area (Å²) in [6, 6.07) is 14.7. The fourth-order valence-corrected chi connectivity index (χ4v) is 3.10. The fraction of sp³-hybridized carbons (Fsp3) is 0.364. The SMILES string of the molecule is CCC(CC)(CN)C(=O)NCc1cccc(NC(=O)Nc2cccc(C)c2)c1. The first-order chi connectivity index (χ1) is 13.4. The van der Waals surface area contributed by atoms with Gasteiger partial charge in [-0.25, -0.2) is 4.79 Å². The van der Waals surface area contributed by atoms with Crippen molar-refractivity contribution in [3.8, 4) is 0 Å². The lowest BCUT2D eigenvalue weighted by molar-refractivity contribution is -0.131. The maximum absolute atomic E-state index is 12.6. The lowest BCUT2D eigenvalue weighted by atomic mass is 9.81. The number of hydrogen-bond donors (Lipinski definition) is 4. The summed E-state index contributed by atoms with van der Waals surface area (Å²) in [6.45, 7) is 6.64. The molecule has 0 radical (unpaired) electrons. The lowest BCUT2D eigenvalue weighted by Crippen LogP contribution is -2.45. The topological polar surface area (TPSA) is 96.2 Å². The van der Waals surface area contributed by atoms with Gasteiger partial charge in [0.25, 0.3) is 0 Å². The number of urea groups is 1. The molecule has 6 heteroatoms. The molecule has 0 saturated carbocycles. The van der Waals surface area contributed by atoms with E-state index in [4.69, 9.17) is 5.73 Å². The van der Waals surface area contributed by atoms with Crippen molar-refractivity contribution in [1.29, 1.82) is 0 Å². The highest BCUT2D eigenvalue weighted by Gasteiger charge is 2.32. The van der Waals surface area contributed by atoms with Crippen molar-refractivity contribution in [3.05, 3.63) is 59.7 Å². The van der Waals surface area contributed by atoms with Crippen LogP contribution in [0.25, 0.3) is 0 Å². The van der Waals surface area contributed by atoms with Crippen molar-refractivity contribution in [3.63, 3.8) is 0 Å². The lowest BCUT2D eigenvalue weighted by Gasteiger charge is -2.28. The largest absolute Gasteiger partial charge is 0.352 e. The zero-order valence-corrected chi connectivity index (χ0v) is 16.8. The third kappa shape index (κ3) is 5.57. The Morgan fingerprint density at radius 1 is 0.964 bits per heavy atom. The van der Waals surface area contributed by atoms with Crippen LogP contribution in [0.2, 0.25) is 0 Å². The minimum atomic E-state index is -0.524. The number of hydrogen-bond acceptors (Lipinski definition) is 3. The highest BCUT2D eigenvalue weighted by Crippen LogP contribution is 2.25. The number of carbonyl (C=O) groups excluding carboxylic acids is 2. The van der Waals surface area contributed by atoms with Crippen LogP contribution < -0.4 is 21.7 Å². The predicted octanol–water partition coefficient (Wildman–Crippen LogP) is 4.02. The number of nitrogens with two attached hydrogens (primary N) is 1. The molecule has 0 aliphatic heterocycles. The van der Waals surface area contributed by atoms with Crippen molar-refractivity contribution < 1.29 is 9.59 Å². The van der Waals surface area contributed by atoms with E-state index in [-0.39, 0.29) is 11.9 Å². The molecule has 5 N–H and O–H groups in total. The molecule has 0 saturated heterocycles. The van der Waals surface area contributed by atoms with Gasteiger partial charge in [-0.2, -0.15) is 0 Å². The van der Waals surface area contributed by atoms with Crippen LogP contribution in [0.15, 0.2) is 48.5 Å². The third-order valence-corrected chi connectivity index (χ3v) is 5.14. The molecule has 2 aromatic carbocycles. The molecule has 0 heterocycles. The Morgan fingerprint density at radius 3 is 2.14 bits per heavy atom. The second kappa shape index (κ2) is 9.90. The molecule has 0 bridgehead atoms. The summed E-state index contributed by atoms with van der Waals surface area (Å²) in [7, 11) is 0. The van der Waals surface area contributed by atoms with Crippen LogP contribution in [0.5, 0.6) is 0 Å². The van der Waals surface area contributed by atoms with Crippen LogP contribution in [0.1, 0.15) is 37.8 Å². The molecule has 0 atom stereocenters. The number of carbonyl (C=O) groups is 2. The average Bonchev–Trinajstić information content (AvgIpc) is 2.68. The van der Waals surface area contributed by atoms with Gasteiger partial charge in [0.1, 0.15) is 0 Å². The van der Waals surface area contributed by atoms with Gasteiger partial charge in [-0.3, -0.25) is 4.79 Å². The summed E-state index contributed by atoms with van der Waals surface area (Å²) in [5.74, 6) is -0.0319. The van der Waals surface area contributed by atoms with E-state index < -0.39 is 5.41 Å². The first-order valence-electron chi connectivity index (χ1n) is 9.64. The van der Waals surface area contributed by atoms with Crippen LogP contribution in [-0.2, 0) is 11.3 Å². The van der Waals surface area contributed by atoms with Gasteiger partial charge in [0, 0.05) is 24.5 Å². The number of rotatable bonds is 8. The molecule has 3 amide bonds. The minimum absolute atomic E-state index is 0.0319. The molecule has 0 aliphatic carbocycles. The van der Waals surface area contributed by atoms with Gasteiger partial charge in [0.05, 0.1) is 5.41 Å². The van der Waals surface area contributed by atoms with Crippen LogP contribution in [0.4, 0.5) is 16.2 Å². The predicted molar refractivity (Wildman–Crippen MR) is 114 cm³/mol. The van der Waals surface area contributed by atoms with Gasteiger partial charge in [0.15, 0.2) is 0 Å². The smallest absolute Gasteiger partial charge is 0.323 e. The second-order valence-corrected chi connectivity index (χ2v) is 7.02. The zero-order chi connectivity index (χ0) is 20.6. The van der Waals surface area contributed by atoms with E-state index in [0.29, 0.717) is 31.6 Å². The van der Waals surface area contributed by atoms with E-state index in [0.717, 1.165) is 16.8 Å². The summed E-state index contributed by atoms with van der Waals surface area (Å²) in [6.07, 6.45) is 1.40. The Labute approximate surface area is 166 Å². The molecule has 0 fully saturated rings. The molecule has 0 spiro atoms. The highest BCUT2D eigenvalue weighted by molar-refractivity contribution is 5.99. The van der Waals surface area contributed by atoms with Crippen molar-refractivity contribution in [2.75, 3.05) is 17.2 Å². The van der Waals surface area contributed by atoms with Gasteiger partial charge < -0.3 is 21.7 Å². The summed E-state index contributed by atoms with van der Waals surface area (Å²) < 4.78 is 0. The summed E-state index contributed by atoms with van der Waals surface area (Å²) in [5, 5.41) is 8.60. The first-order valence-corrected chi connectivity index (χ1v) is 9.64. The summed E-state index contributed by atoms with van der Waals surface area (Å²) >= 11 is 0. The van der Waals surface area contributed by atoms with E-state index in [9.17, 15) is 9.59 Å². The fourth-order valence-electron chi connectivity index (χ4n) is 3.10. The summed E-state index contributed by atoms with van der Waals surface area (Å²) in [4.78, 5) is 24.8. The van der Waals surface area contributed by atoms with Crippen LogP contribution in [0.3, 0.4) is 0 Å². The van der Waals surface area contributed by atoms with Gasteiger partial charge in [-0.1, -0.05) is 38.1 Å².